The summed E-state index contributed by atoms with van der Waals surface area (Å²) in [6, 6.07) is 60.8. The van der Waals surface area contributed by atoms with Crippen LogP contribution >= 0.6 is 0 Å². The molecular formula is C36H29NSi. The lowest BCUT2D eigenvalue weighted by Gasteiger charge is -2.34. The fraction of sp³-hybridized carbons (Fsp3) is 0. The van der Waals surface area contributed by atoms with E-state index in [0.29, 0.717) is 0 Å². The number of hydrogen-bond acceptors (Lipinski definition) is 0. The van der Waals surface area contributed by atoms with Crippen molar-refractivity contribution in [3.8, 4) is 0 Å². The fourth-order valence-electron chi connectivity index (χ4n) is 5.55. The van der Waals surface area contributed by atoms with Crippen molar-refractivity contribution in [3.05, 3.63) is 170 Å². The monoisotopic (exact) mass is 503 g/mol. The van der Waals surface area contributed by atoms with Gasteiger partial charge in [-0.3, -0.25) is 0 Å². The molecule has 2 heteroatoms. The molecule has 7 rings (SSSR count). The van der Waals surface area contributed by atoms with E-state index in [-0.39, 0.29) is 0 Å². The summed E-state index contributed by atoms with van der Waals surface area (Å²) in [5, 5.41) is 8.27. The predicted molar refractivity (Wildman–Crippen MR) is 166 cm³/mol. The van der Waals surface area contributed by atoms with E-state index in [1.165, 1.54) is 42.6 Å². The van der Waals surface area contributed by atoms with Crippen molar-refractivity contribution in [3.63, 3.8) is 0 Å². The number of benzene rings is 6. The highest BCUT2D eigenvalue weighted by Crippen LogP contribution is 2.24. The summed E-state index contributed by atoms with van der Waals surface area (Å²) in [7, 11) is -2.30. The van der Waals surface area contributed by atoms with Crippen LogP contribution in [0.4, 0.5) is 0 Å². The smallest absolute Gasteiger partial charge is 0.179 e. The Morgan fingerprint density at radius 1 is 0.289 bits per heavy atom. The standard InChI is InChI=1S/C24H20Si.C12H9N/c1-5-13-21(14-6-1)25(22-15-7-2-8-16-22,23-17-9-3-10-18-23)24-19-11-4-12-20-24;1-3-7-11-9(5-1)10-6-2-4-8-12(10)13-11/h1-20H;1-8,13H. The van der Waals surface area contributed by atoms with Gasteiger partial charge in [-0.2, -0.15) is 0 Å². The molecule has 0 aliphatic carbocycles. The summed E-state index contributed by atoms with van der Waals surface area (Å²) in [5.41, 5.74) is 2.42. The molecular weight excluding hydrogens is 474 g/mol. The summed E-state index contributed by atoms with van der Waals surface area (Å²) in [6.45, 7) is 0. The molecule has 0 spiro atoms. The summed E-state index contributed by atoms with van der Waals surface area (Å²) in [4.78, 5) is 3.38. The third-order valence-electron chi connectivity index (χ3n) is 7.24. The third-order valence-corrected chi connectivity index (χ3v) is 12.0. The van der Waals surface area contributed by atoms with Crippen molar-refractivity contribution in [1.29, 1.82) is 0 Å². The van der Waals surface area contributed by atoms with E-state index < -0.39 is 8.07 Å². The summed E-state index contributed by atoms with van der Waals surface area (Å²) in [6.07, 6.45) is 0. The summed E-state index contributed by atoms with van der Waals surface area (Å²) in [5.74, 6) is 0. The van der Waals surface area contributed by atoms with Gasteiger partial charge >= 0.3 is 0 Å². The minimum atomic E-state index is -2.30. The van der Waals surface area contributed by atoms with Gasteiger partial charge in [-0.05, 0) is 32.9 Å². The molecule has 0 atom stereocenters. The number of rotatable bonds is 4. The average molecular weight is 504 g/mol. The minimum absolute atomic E-state index is 1.21. The Morgan fingerprint density at radius 3 is 0.868 bits per heavy atom. The lowest BCUT2D eigenvalue weighted by molar-refractivity contribution is 1.55. The molecule has 1 nitrogen and oxygen atoms in total. The Labute approximate surface area is 225 Å². The molecule has 1 N–H and O–H groups in total. The number of aromatic nitrogens is 1. The molecule has 1 aromatic heterocycles. The average Bonchev–Trinajstić information content (AvgIpc) is 3.39. The van der Waals surface area contributed by atoms with Gasteiger partial charge in [0.1, 0.15) is 0 Å². The molecule has 0 radical (unpaired) electrons. The van der Waals surface area contributed by atoms with Crippen LogP contribution in [-0.4, -0.2) is 13.1 Å². The first-order valence-corrected chi connectivity index (χ1v) is 15.0. The molecule has 0 unspecified atom stereocenters. The van der Waals surface area contributed by atoms with Crippen LogP contribution in [0.25, 0.3) is 21.8 Å². The van der Waals surface area contributed by atoms with Crippen molar-refractivity contribution in [1.82, 2.24) is 4.98 Å². The minimum Gasteiger partial charge on any atom is -0.355 e. The predicted octanol–water partition coefficient (Wildman–Crippen LogP) is 6.39. The number of H-pyrrole nitrogens is 1. The Kier molecular flexibility index (Phi) is 6.71. The van der Waals surface area contributed by atoms with Gasteiger partial charge in [0, 0.05) is 21.8 Å². The van der Waals surface area contributed by atoms with Crippen molar-refractivity contribution < 1.29 is 0 Å². The van der Waals surface area contributed by atoms with Crippen LogP contribution in [0.3, 0.4) is 0 Å². The first kappa shape index (κ1) is 23.7. The Balaban J connectivity index is 0.000000169. The molecule has 0 bridgehead atoms. The zero-order chi connectivity index (χ0) is 25.6. The summed E-state index contributed by atoms with van der Waals surface area (Å²) < 4.78 is 0. The highest BCUT2D eigenvalue weighted by molar-refractivity contribution is 7.19. The Hall–Kier alpha value is -4.66. The normalized spacial score (nSPS) is 11.2. The molecule has 38 heavy (non-hydrogen) atoms. The number of nitrogens with one attached hydrogen (secondary N) is 1. The number of fused-ring (bicyclic) bond motifs is 3. The SMILES string of the molecule is c1ccc([Si](c2ccccc2)(c2ccccc2)c2ccccc2)cc1.c1ccc2c(c1)[nH]c1ccccc12. The van der Waals surface area contributed by atoms with E-state index in [0.717, 1.165) is 0 Å². The van der Waals surface area contributed by atoms with Crippen LogP contribution in [0.5, 0.6) is 0 Å². The van der Waals surface area contributed by atoms with Gasteiger partial charge in [0.15, 0.2) is 8.07 Å². The van der Waals surface area contributed by atoms with Gasteiger partial charge in [0.05, 0.1) is 0 Å². The maximum absolute atomic E-state index is 3.38. The second-order valence-electron chi connectivity index (χ2n) is 9.43. The molecule has 182 valence electrons. The molecule has 7 aromatic rings. The molecule has 6 aromatic carbocycles. The van der Waals surface area contributed by atoms with Crippen molar-refractivity contribution in [2.75, 3.05) is 0 Å². The molecule has 1 heterocycles. The van der Waals surface area contributed by atoms with Crippen LogP contribution in [-0.2, 0) is 0 Å². The second kappa shape index (κ2) is 10.8. The zero-order valence-corrected chi connectivity index (χ0v) is 22.2. The van der Waals surface area contributed by atoms with E-state index in [4.69, 9.17) is 0 Å². The van der Waals surface area contributed by atoms with Gasteiger partial charge < -0.3 is 4.98 Å². The van der Waals surface area contributed by atoms with E-state index in [9.17, 15) is 0 Å². The second-order valence-corrected chi connectivity index (χ2v) is 13.2. The van der Waals surface area contributed by atoms with Gasteiger partial charge in [-0.1, -0.05) is 158 Å². The van der Waals surface area contributed by atoms with E-state index >= 15 is 0 Å². The van der Waals surface area contributed by atoms with E-state index in [2.05, 4.69) is 175 Å². The summed E-state index contributed by atoms with van der Waals surface area (Å²) >= 11 is 0. The fourth-order valence-corrected chi connectivity index (χ4v) is 10.3. The van der Waals surface area contributed by atoms with Crippen LogP contribution < -0.4 is 20.7 Å². The maximum Gasteiger partial charge on any atom is 0.179 e. The molecule has 0 saturated heterocycles. The molecule has 0 fully saturated rings. The quantitative estimate of drug-likeness (QED) is 0.212. The first-order valence-electron chi connectivity index (χ1n) is 13.0. The molecule has 0 amide bonds. The third kappa shape index (κ3) is 4.36. The van der Waals surface area contributed by atoms with Crippen LogP contribution in [0.1, 0.15) is 0 Å². The first-order chi connectivity index (χ1) is 18.9. The van der Waals surface area contributed by atoms with Gasteiger partial charge in [0.25, 0.3) is 0 Å². The topological polar surface area (TPSA) is 15.8 Å². The maximum atomic E-state index is 3.38. The molecule has 0 aliphatic heterocycles. The lowest BCUT2D eigenvalue weighted by Crippen LogP contribution is -2.74. The Morgan fingerprint density at radius 2 is 0.553 bits per heavy atom. The van der Waals surface area contributed by atoms with Crippen molar-refractivity contribution >= 4 is 50.6 Å². The van der Waals surface area contributed by atoms with E-state index in [1.54, 1.807) is 0 Å². The number of para-hydroxylation sites is 2. The van der Waals surface area contributed by atoms with Crippen LogP contribution in [0.2, 0.25) is 0 Å². The lowest BCUT2D eigenvalue weighted by atomic mass is 10.2. The highest BCUT2D eigenvalue weighted by Gasteiger charge is 2.40. The van der Waals surface area contributed by atoms with E-state index in [1.807, 2.05) is 0 Å². The van der Waals surface area contributed by atoms with Gasteiger partial charge in [0.2, 0.25) is 0 Å². The largest absolute Gasteiger partial charge is 0.355 e. The van der Waals surface area contributed by atoms with Crippen LogP contribution in [0.15, 0.2) is 170 Å². The number of hydrogen-bond donors (Lipinski definition) is 1. The Bertz CT molecular complexity index is 1530. The van der Waals surface area contributed by atoms with Crippen molar-refractivity contribution in [2.24, 2.45) is 0 Å². The van der Waals surface area contributed by atoms with Gasteiger partial charge in [-0.15, -0.1) is 0 Å². The number of aromatic amines is 1. The van der Waals surface area contributed by atoms with Crippen molar-refractivity contribution in [2.45, 2.75) is 0 Å². The zero-order valence-electron chi connectivity index (χ0n) is 21.2. The molecule has 0 aliphatic rings. The highest BCUT2D eigenvalue weighted by atomic mass is 28.3. The van der Waals surface area contributed by atoms with Gasteiger partial charge in [-0.25, -0.2) is 0 Å². The molecule has 0 saturated carbocycles. The van der Waals surface area contributed by atoms with Crippen LogP contribution in [0, 0.1) is 0 Å².